The zero-order chi connectivity index (χ0) is 21.6. The lowest BCUT2D eigenvalue weighted by Gasteiger charge is -2.27. The van der Waals surface area contributed by atoms with Crippen molar-refractivity contribution >= 4 is 29.6 Å². The molecule has 0 spiro atoms. The molecule has 0 aliphatic carbocycles. The van der Waals surface area contributed by atoms with Crippen molar-refractivity contribution < 1.29 is 18.3 Å². The number of nitrogens with one attached hydrogen (secondary N) is 1. The maximum Gasteiger partial charge on any atom is 0.260 e. The summed E-state index contributed by atoms with van der Waals surface area (Å²) in [5.41, 5.74) is 3.31. The lowest BCUT2D eigenvalue weighted by molar-refractivity contribution is 0.122. The number of anilines is 2. The second kappa shape index (κ2) is 9.58. The molecule has 1 N–H and O–H groups in total. The van der Waals surface area contributed by atoms with Crippen molar-refractivity contribution in [2.24, 2.45) is 5.10 Å². The Bertz CT molecular complexity index is 1100. The van der Waals surface area contributed by atoms with E-state index in [9.17, 15) is 8.78 Å². The van der Waals surface area contributed by atoms with E-state index in [1.165, 1.54) is 6.21 Å². The highest BCUT2D eigenvalue weighted by Gasteiger charge is 2.17. The molecule has 0 saturated carbocycles. The van der Waals surface area contributed by atoms with Crippen LogP contribution in [-0.4, -0.2) is 52.5 Å². The third kappa shape index (κ3) is 5.38. The first kappa shape index (κ1) is 20.8. The predicted molar refractivity (Wildman–Crippen MR) is 110 cm³/mol. The Balaban J connectivity index is 1.43. The minimum absolute atomic E-state index is 0.130. The summed E-state index contributed by atoms with van der Waals surface area (Å²) < 4.78 is 38.5. The normalized spacial score (nSPS) is 14.1. The lowest BCUT2D eigenvalue weighted by atomic mass is 10.2. The van der Waals surface area contributed by atoms with Crippen molar-refractivity contribution in [1.29, 1.82) is 0 Å². The predicted octanol–water partition coefficient (Wildman–Crippen LogP) is 3.27. The highest BCUT2D eigenvalue weighted by Crippen LogP contribution is 2.23. The molecule has 0 amide bonds. The molecule has 160 valence electrons. The molecule has 0 unspecified atom stereocenters. The van der Waals surface area contributed by atoms with Crippen molar-refractivity contribution in [3.05, 3.63) is 59.1 Å². The van der Waals surface area contributed by atoms with Gasteiger partial charge in [-0.3, -0.25) is 0 Å². The van der Waals surface area contributed by atoms with Crippen LogP contribution >= 0.6 is 11.6 Å². The summed E-state index contributed by atoms with van der Waals surface area (Å²) in [6, 6.07) is 6.69. The van der Waals surface area contributed by atoms with E-state index < -0.39 is 11.6 Å². The van der Waals surface area contributed by atoms with Gasteiger partial charge >= 0.3 is 0 Å². The van der Waals surface area contributed by atoms with Crippen molar-refractivity contribution in [3.63, 3.8) is 0 Å². The first-order valence-corrected chi connectivity index (χ1v) is 9.56. The van der Waals surface area contributed by atoms with E-state index in [2.05, 4.69) is 30.5 Å². The van der Waals surface area contributed by atoms with Crippen molar-refractivity contribution in [3.8, 4) is 11.6 Å². The average molecular weight is 448 g/mol. The molecule has 1 aliphatic heterocycles. The summed E-state index contributed by atoms with van der Waals surface area (Å²) in [4.78, 5) is 17.1. The summed E-state index contributed by atoms with van der Waals surface area (Å²) in [5, 5.41) is 3.94. The van der Waals surface area contributed by atoms with Crippen molar-refractivity contribution in [2.45, 2.75) is 0 Å². The highest BCUT2D eigenvalue weighted by molar-refractivity contribution is 6.28. The summed E-state index contributed by atoms with van der Waals surface area (Å²) in [6.45, 7) is 2.10. The van der Waals surface area contributed by atoms with E-state index in [-0.39, 0.29) is 22.9 Å². The van der Waals surface area contributed by atoms with E-state index in [0.29, 0.717) is 37.6 Å². The van der Waals surface area contributed by atoms with Crippen LogP contribution in [0, 0.1) is 11.6 Å². The Labute approximate surface area is 180 Å². The Morgan fingerprint density at radius 1 is 1.13 bits per heavy atom. The number of aromatic nitrogens is 4. The fraction of sp³-hybridized carbons (Fsp3) is 0.211. The van der Waals surface area contributed by atoms with E-state index in [0.717, 1.165) is 12.4 Å². The van der Waals surface area contributed by atoms with Crippen LogP contribution in [0.2, 0.25) is 5.28 Å². The van der Waals surface area contributed by atoms with Gasteiger partial charge in [0.05, 0.1) is 31.8 Å². The third-order valence-corrected chi connectivity index (χ3v) is 4.35. The molecule has 1 aromatic carbocycles. The number of ether oxygens (including phenoxy) is 2. The summed E-state index contributed by atoms with van der Waals surface area (Å²) >= 11 is 5.67. The molecule has 31 heavy (non-hydrogen) atoms. The minimum Gasteiger partial charge on any atom is -0.436 e. The van der Waals surface area contributed by atoms with Crippen LogP contribution in [0.15, 0.2) is 41.8 Å². The van der Waals surface area contributed by atoms with Crippen molar-refractivity contribution in [1.82, 2.24) is 19.9 Å². The zero-order valence-electron chi connectivity index (χ0n) is 16.0. The fourth-order valence-electron chi connectivity index (χ4n) is 2.75. The Morgan fingerprint density at radius 3 is 2.77 bits per heavy atom. The second-order valence-corrected chi connectivity index (χ2v) is 6.64. The van der Waals surface area contributed by atoms with Crippen LogP contribution in [-0.2, 0) is 4.74 Å². The molecule has 0 radical (unpaired) electrons. The van der Waals surface area contributed by atoms with Crippen LogP contribution in [0.5, 0.6) is 11.6 Å². The standard InChI is InChI=1S/C19H16ClF2N7O2/c20-18-23-11-15(22)17(27-18)31-13-3-1-2-12(8-13)9-25-28-19-24-10-14(21)16(26-19)29-4-6-30-7-5-29/h1-3,8-11H,4-7H2,(H,24,26,28)/b25-9+. The molecule has 2 aromatic heterocycles. The van der Waals surface area contributed by atoms with Gasteiger partial charge in [0.1, 0.15) is 5.75 Å². The number of rotatable bonds is 6. The number of nitrogens with zero attached hydrogens (tertiary/aromatic N) is 6. The molecule has 1 fully saturated rings. The van der Waals surface area contributed by atoms with Crippen LogP contribution < -0.4 is 15.1 Å². The lowest BCUT2D eigenvalue weighted by Crippen LogP contribution is -2.37. The van der Waals surface area contributed by atoms with E-state index in [4.69, 9.17) is 21.1 Å². The molecule has 3 aromatic rings. The summed E-state index contributed by atoms with van der Waals surface area (Å²) in [6.07, 6.45) is 3.50. The molecule has 1 saturated heterocycles. The molecule has 3 heterocycles. The van der Waals surface area contributed by atoms with Gasteiger partial charge in [-0.25, -0.2) is 19.8 Å². The molecule has 12 heteroatoms. The van der Waals surface area contributed by atoms with Crippen molar-refractivity contribution in [2.75, 3.05) is 36.6 Å². The number of halogens is 3. The Hall–Kier alpha value is -3.44. The van der Waals surface area contributed by atoms with Crippen LogP contribution in [0.4, 0.5) is 20.5 Å². The van der Waals surface area contributed by atoms with Gasteiger partial charge in [0.25, 0.3) is 5.88 Å². The maximum absolute atomic E-state index is 14.1. The van der Waals surface area contributed by atoms with Gasteiger partial charge in [-0.1, -0.05) is 12.1 Å². The number of hydrogen-bond donors (Lipinski definition) is 1. The van der Waals surface area contributed by atoms with Crippen LogP contribution in [0.1, 0.15) is 5.56 Å². The molecule has 0 bridgehead atoms. The molecular formula is C19H16ClF2N7O2. The average Bonchev–Trinajstić information content (AvgIpc) is 2.78. The minimum atomic E-state index is -0.741. The smallest absolute Gasteiger partial charge is 0.260 e. The van der Waals surface area contributed by atoms with Crippen LogP contribution in [0.25, 0.3) is 0 Å². The largest absolute Gasteiger partial charge is 0.436 e. The Morgan fingerprint density at radius 2 is 1.94 bits per heavy atom. The first-order valence-electron chi connectivity index (χ1n) is 9.19. The molecule has 0 atom stereocenters. The van der Waals surface area contributed by atoms with Crippen LogP contribution in [0.3, 0.4) is 0 Å². The maximum atomic E-state index is 14.1. The molecule has 4 rings (SSSR count). The number of morpholine rings is 1. The van der Waals surface area contributed by atoms with Gasteiger partial charge in [-0.05, 0) is 29.3 Å². The highest BCUT2D eigenvalue weighted by atomic mass is 35.5. The van der Waals surface area contributed by atoms with Gasteiger partial charge in [0, 0.05) is 13.1 Å². The van der Waals surface area contributed by atoms with Gasteiger partial charge in [-0.15, -0.1) is 0 Å². The van der Waals surface area contributed by atoms with E-state index >= 15 is 0 Å². The fourth-order valence-corrected chi connectivity index (χ4v) is 2.87. The SMILES string of the molecule is Fc1cnc(Cl)nc1Oc1cccc(/C=N/Nc2ncc(F)c(N3CCOCC3)n2)c1. The zero-order valence-corrected chi connectivity index (χ0v) is 16.8. The summed E-state index contributed by atoms with van der Waals surface area (Å²) in [7, 11) is 0. The number of hydrogen-bond acceptors (Lipinski definition) is 9. The number of hydrazone groups is 1. The second-order valence-electron chi connectivity index (χ2n) is 6.30. The molecular weight excluding hydrogens is 432 g/mol. The summed E-state index contributed by atoms with van der Waals surface area (Å²) in [5.74, 6) is -0.887. The number of benzene rings is 1. The van der Waals surface area contributed by atoms with Gasteiger partial charge < -0.3 is 14.4 Å². The van der Waals surface area contributed by atoms with Gasteiger partial charge in [0.15, 0.2) is 11.6 Å². The van der Waals surface area contributed by atoms with Gasteiger partial charge in [-0.2, -0.15) is 19.5 Å². The van der Waals surface area contributed by atoms with E-state index in [1.54, 1.807) is 29.2 Å². The molecule has 9 nitrogen and oxygen atoms in total. The Kier molecular flexibility index (Phi) is 6.43. The van der Waals surface area contributed by atoms with E-state index in [1.807, 2.05) is 0 Å². The van der Waals surface area contributed by atoms with Gasteiger partial charge in [0.2, 0.25) is 17.0 Å². The molecule has 1 aliphatic rings. The topological polar surface area (TPSA) is 97.7 Å². The third-order valence-electron chi connectivity index (χ3n) is 4.17. The monoisotopic (exact) mass is 447 g/mol. The first-order chi connectivity index (χ1) is 15.1. The quantitative estimate of drug-likeness (QED) is 0.349.